The van der Waals surface area contributed by atoms with E-state index in [1.54, 1.807) is 19.6 Å². The lowest BCUT2D eigenvalue weighted by Gasteiger charge is -2.14. The van der Waals surface area contributed by atoms with Crippen LogP contribution in [0.5, 0.6) is 5.75 Å². The van der Waals surface area contributed by atoms with Gasteiger partial charge in [0.1, 0.15) is 5.75 Å². The number of aromatic nitrogens is 4. The minimum absolute atomic E-state index is 0.386. The molecule has 0 aliphatic rings. The van der Waals surface area contributed by atoms with Gasteiger partial charge in [-0.15, -0.1) is 0 Å². The summed E-state index contributed by atoms with van der Waals surface area (Å²) in [6.45, 7) is 4.35. The van der Waals surface area contributed by atoms with Gasteiger partial charge < -0.3 is 20.4 Å². The predicted molar refractivity (Wildman–Crippen MR) is 122 cm³/mol. The van der Waals surface area contributed by atoms with Crippen LogP contribution in [-0.2, 0) is 6.42 Å². The number of imidazole rings is 1. The van der Waals surface area contributed by atoms with Crippen LogP contribution in [0.15, 0.2) is 47.8 Å². The topological polar surface area (TPSA) is 112 Å². The van der Waals surface area contributed by atoms with E-state index in [4.69, 9.17) is 17.0 Å². The second-order valence-corrected chi connectivity index (χ2v) is 6.87. The molecule has 10 heteroatoms. The van der Waals surface area contributed by atoms with Gasteiger partial charge in [-0.3, -0.25) is 10.3 Å². The lowest BCUT2D eigenvalue weighted by atomic mass is 10.3. The molecule has 30 heavy (non-hydrogen) atoms. The van der Waals surface area contributed by atoms with Gasteiger partial charge in [0, 0.05) is 41.9 Å². The van der Waals surface area contributed by atoms with E-state index < -0.39 is 0 Å². The van der Waals surface area contributed by atoms with Crippen molar-refractivity contribution in [2.75, 3.05) is 24.3 Å². The highest BCUT2D eigenvalue weighted by atomic mass is 32.1. The largest absolute Gasteiger partial charge is 0.497 e. The number of nitrogens with one attached hydrogen (secondary N) is 4. The van der Waals surface area contributed by atoms with Gasteiger partial charge in [-0.1, -0.05) is 0 Å². The summed E-state index contributed by atoms with van der Waals surface area (Å²) >= 11 is 5.44. The fourth-order valence-electron chi connectivity index (χ4n) is 2.65. The maximum absolute atomic E-state index is 5.44. The number of aliphatic imine (C=N–C) groups is 1. The van der Waals surface area contributed by atoms with Gasteiger partial charge in [-0.25, -0.2) is 15.0 Å². The number of nitrogens with zero attached hydrogens (tertiary/aromatic N) is 4. The van der Waals surface area contributed by atoms with Crippen LogP contribution in [-0.4, -0.2) is 44.7 Å². The van der Waals surface area contributed by atoms with Crippen molar-refractivity contribution in [1.82, 2.24) is 25.3 Å². The zero-order chi connectivity index (χ0) is 21.3. The first-order chi connectivity index (χ1) is 14.5. The van der Waals surface area contributed by atoms with E-state index in [-0.39, 0.29) is 0 Å². The van der Waals surface area contributed by atoms with E-state index in [2.05, 4.69) is 40.9 Å². The van der Waals surface area contributed by atoms with Gasteiger partial charge in [0.2, 0.25) is 11.9 Å². The number of ether oxygens (including phenoxy) is 1. The molecule has 0 aliphatic carbocycles. The molecular weight excluding hydrogens is 400 g/mol. The number of hydrogen-bond donors (Lipinski definition) is 4. The van der Waals surface area contributed by atoms with Crippen LogP contribution in [0.2, 0.25) is 0 Å². The number of H-pyrrole nitrogens is 1. The maximum Gasteiger partial charge on any atom is 0.229 e. The molecule has 9 nitrogen and oxygen atoms in total. The minimum Gasteiger partial charge on any atom is -0.497 e. The molecule has 3 aromatic rings. The Morgan fingerprint density at radius 1 is 1.13 bits per heavy atom. The van der Waals surface area contributed by atoms with Crippen molar-refractivity contribution in [3.63, 3.8) is 0 Å². The number of guanidine groups is 1. The Labute approximate surface area is 180 Å². The van der Waals surface area contributed by atoms with Gasteiger partial charge in [-0.2, -0.15) is 0 Å². The predicted octanol–water partition coefficient (Wildman–Crippen LogP) is 2.82. The Morgan fingerprint density at radius 2 is 1.87 bits per heavy atom. The number of aryl methyl sites for hydroxylation is 2. The molecule has 0 saturated heterocycles. The van der Waals surface area contributed by atoms with E-state index in [1.165, 1.54) is 0 Å². The minimum atomic E-state index is 0.386. The van der Waals surface area contributed by atoms with E-state index in [0.29, 0.717) is 30.0 Å². The summed E-state index contributed by atoms with van der Waals surface area (Å²) in [6.07, 6.45) is 4.13. The Balaban J connectivity index is 1.69. The lowest BCUT2D eigenvalue weighted by Crippen LogP contribution is -2.39. The zero-order valence-electron chi connectivity index (χ0n) is 17.1. The van der Waals surface area contributed by atoms with Crippen molar-refractivity contribution >= 4 is 34.9 Å². The number of anilines is 2. The third kappa shape index (κ3) is 6.52. The molecule has 0 saturated carbocycles. The fourth-order valence-corrected chi connectivity index (χ4v) is 2.87. The molecule has 0 radical (unpaired) electrons. The van der Waals surface area contributed by atoms with Crippen LogP contribution in [0.3, 0.4) is 0 Å². The van der Waals surface area contributed by atoms with Crippen LogP contribution in [0.1, 0.15) is 17.1 Å². The first-order valence-corrected chi connectivity index (χ1v) is 9.76. The average Bonchev–Trinajstić information content (AvgIpc) is 3.21. The molecule has 0 atom stereocenters. The van der Waals surface area contributed by atoms with Crippen molar-refractivity contribution in [3.8, 4) is 5.75 Å². The molecule has 0 bridgehead atoms. The van der Waals surface area contributed by atoms with E-state index in [0.717, 1.165) is 28.5 Å². The summed E-state index contributed by atoms with van der Waals surface area (Å²) in [5, 5.41) is 9.71. The van der Waals surface area contributed by atoms with Crippen molar-refractivity contribution in [3.05, 3.63) is 59.9 Å². The molecule has 0 amide bonds. The SMILES string of the molecule is COc1ccc(NC(=S)NC(=NCCc2cnc[nH]2)Nc2nc(C)cc(C)n2)cc1. The number of hydrogen-bond acceptors (Lipinski definition) is 6. The zero-order valence-corrected chi connectivity index (χ0v) is 17.9. The smallest absolute Gasteiger partial charge is 0.229 e. The van der Waals surface area contributed by atoms with Crippen molar-refractivity contribution in [2.24, 2.45) is 4.99 Å². The maximum atomic E-state index is 5.44. The standard InChI is InChI=1S/C20H24N8OS/c1-13-10-14(2)25-19(24-13)27-18(22-9-8-16-11-21-12-23-16)28-20(30)26-15-4-6-17(29-3)7-5-15/h4-7,10-12H,8-9H2,1-3H3,(H,21,23)(H3,22,24,25,26,27,28,30). The van der Waals surface area contributed by atoms with Crippen LogP contribution in [0.25, 0.3) is 0 Å². The first kappa shape index (κ1) is 21.2. The quantitative estimate of drug-likeness (QED) is 0.272. The van der Waals surface area contributed by atoms with Gasteiger partial charge in [0.25, 0.3) is 0 Å². The van der Waals surface area contributed by atoms with Crippen LogP contribution >= 0.6 is 12.2 Å². The fraction of sp³-hybridized carbons (Fsp3) is 0.250. The normalized spacial score (nSPS) is 11.1. The molecule has 0 fully saturated rings. The van der Waals surface area contributed by atoms with Crippen molar-refractivity contribution < 1.29 is 4.74 Å². The second kappa shape index (κ2) is 10.3. The molecule has 1 aromatic carbocycles. The second-order valence-electron chi connectivity index (χ2n) is 6.46. The Hall–Kier alpha value is -3.53. The molecule has 156 valence electrons. The number of aromatic amines is 1. The van der Waals surface area contributed by atoms with Gasteiger partial charge in [-0.05, 0) is 56.4 Å². The van der Waals surface area contributed by atoms with Crippen LogP contribution in [0.4, 0.5) is 11.6 Å². The third-order valence-electron chi connectivity index (χ3n) is 4.00. The Kier molecular flexibility index (Phi) is 7.28. The summed E-state index contributed by atoms with van der Waals surface area (Å²) in [5.74, 6) is 1.67. The molecule has 0 unspecified atom stereocenters. The number of methoxy groups -OCH3 is 1. The molecule has 0 aliphatic heterocycles. The summed E-state index contributed by atoms with van der Waals surface area (Å²) in [6, 6.07) is 9.37. The molecule has 3 rings (SSSR count). The molecule has 2 heterocycles. The summed E-state index contributed by atoms with van der Waals surface area (Å²) < 4.78 is 5.17. The molecule has 4 N–H and O–H groups in total. The summed E-state index contributed by atoms with van der Waals surface area (Å²) in [7, 11) is 1.63. The van der Waals surface area contributed by atoms with Gasteiger partial charge in [0.15, 0.2) is 5.11 Å². The number of rotatable bonds is 6. The lowest BCUT2D eigenvalue weighted by molar-refractivity contribution is 0.415. The monoisotopic (exact) mass is 424 g/mol. The highest BCUT2D eigenvalue weighted by Gasteiger charge is 2.07. The Bertz CT molecular complexity index is 982. The summed E-state index contributed by atoms with van der Waals surface area (Å²) in [5.41, 5.74) is 3.55. The summed E-state index contributed by atoms with van der Waals surface area (Å²) in [4.78, 5) is 20.5. The van der Waals surface area contributed by atoms with Crippen LogP contribution in [0, 0.1) is 13.8 Å². The average molecular weight is 425 g/mol. The molecular formula is C20H24N8OS. The molecule has 2 aromatic heterocycles. The highest BCUT2D eigenvalue weighted by Crippen LogP contribution is 2.14. The number of thiocarbonyl (C=S) groups is 1. The number of benzene rings is 1. The van der Waals surface area contributed by atoms with E-state index in [1.807, 2.05) is 44.2 Å². The molecule has 0 spiro atoms. The third-order valence-corrected chi connectivity index (χ3v) is 4.20. The van der Waals surface area contributed by atoms with Crippen molar-refractivity contribution in [2.45, 2.75) is 20.3 Å². The highest BCUT2D eigenvalue weighted by molar-refractivity contribution is 7.80. The van der Waals surface area contributed by atoms with Crippen LogP contribution < -0.4 is 20.7 Å². The van der Waals surface area contributed by atoms with Crippen molar-refractivity contribution in [1.29, 1.82) is 0 Å². The van der Waals surface area contributed by atoms with E-state index in [9.17, 15) is 0 Å². The first-order valence-electron chi connectivity index (χ1n) is 9.35. The van der Waals surface area contributed by atoms with Gasteiger partial charge in [0.05, 0.1) is 13.4 Å². The van der Waals surface area contributed by atoms with Gasteiger partial charge >= 0.3 is 0 Å². The van der Waals surface area contributed by atoms with E-state index >= 15 is 0 Å². The Morgan fingerprint density at radius 3 is 2.50 bits per heavy atom.